The first-order chi connectivity index (χ1) is 17.4. The summed E-state index contributed by atoms with van der Waals surface area (Å²) >= 11 is 0. The van der Waals surface area contributed by atoms with Gasteiger partial charge in [-0.2, -0.15) is 0 Å². The molecule has 1 atom stereocenters. The Morgan fingerprint density at radius 3 is 2.50 bits per heavy atom. The van der Waals surface area contributed by atoms with Gasteiger partial charge in [0.25, 0.3) is 11.2 Å². The molecule has 0 spiro atoms. The Kier molecular flexibility index (Phi) is 4.89. The number of non-ortho nitro benzene ring substituents is 1. The molecule has 0 unspecified atom stereocenters. The number of para-hydroxylation sites is 2. The predicted octanol–water partition coefficient (Wildman–Crippen LogP) is 4.22. The second kappa shape index (κ2) is 8.12. The lowest BCUT2D eigenvalue weighted by atomic mass is 9.86. The summed E-state index contributed by atoms with van der Waals surface area (Å²) in [5, 5.41) is 14.0. The highest BCUT2D eigenvalue weighted by Crippen LogP contribution is 2.37. The van der Waals surface area contributed by atoms with Crippen molar-refractivity contribution in [2.24, 2.45) is 0 Å². The van der Waals surface area contributed by atoms with Crippen LogP contribution in [0, 0.1) is 15.9 Å². The summed E-state index contributed by atoms with van der Waals surface area (Å²) in [4.78, 5) is 42.1. The minimum absolute atomic E-state index is 0.0160. The van der Waals surface area contributed by atoms with Crippen LogP contribution < -0.4 is 10.9 Å². The lowest BCUT2D eigenvalue weighted by Crippen LogP contribution is -2.36. The molecule has 2 aromatic heterocycles. The molecule has 0 saturated heterocycles. The second-order valence-corrected chi connectivity index (χ2v) is 8.63. The lowest BCUT2D eigenvalue weighted by Gasteiger charge is -2.27. The van der Waals surface area contributed by atoms with Crippen molar-refractivity contribution in [3.05, 3.63) is 116 Å². The molecule has 0 radical (unpaired) electrons. The molecule has 1 aliphatic rings. The van der Waals surface area contributed by atoms with Crippen molar-refractivity contribution in [2.75, 3.05) is 5.32 Å². The smallest absolute Gasteiger partial charge is 0.269 e. The van der Waals surface area contributed by atoms with Crippen LogP contribution in [0.2, 0.25) is 0 Å². The highest BCUT2D eigenvalue weighted by molar-refractivity contribution is 5.96. The number of aromatic nitrogens is 3. The first-order valence-corrected chi connectivity index (χ1v) is 11.2. The average Bonchev–Trinajstić information content (AvgIpc) is 3.27. The van der Waals surface area contributed by atoms with Gasteiger partial charge in [0.1, 0.15) is 11.6 Å². The number of anilines is 1. The van der Waals surface area contributed by atoms with E-state index in [2.05, 4.69) is 10.3 Å². The summed E-state index contributed by atoms with van der Waals surface area (Å²) in [6, 6.07) is 19.3. The number of amides is 1. The van der Waals surface area contributed by atoms with Gasteiger partial charge in [-0.25, -0.2) is 9.37 Å². The maximum atomic E-state index is 14.6. The number of hydrogen-bond donors (Lipinski definition) is 1. The Morgan fingerprint density at radius 2 is 1.75 bits per heavy atom. The van der Waals surface area contributed by atoms with Crippen LogP contribution in [-0.4, -0.2) is 24.8 Å². The van der Waals surface area contributed by atoms with Crippen molar-refractivity contribution in [2.45, 2.75) is 18.9 Å². The molecule has 6 rings (SSSR count). The number of benzene rings is 3. The molecule has 1 N–H and O–H groups in total. The van der Waals surface area contributed by atoms with E-state index in [1.54, 1.807) is 40.8 Å². The first-order valence-electron chi connectivity index (χ1n) is 11.2. The Labute approximate surface area is 202 Å². The molecular formula is C26H18FN5O4. The van der Waals surface area contributed by atoms with Crippen LogP contribution in [0.15, 0.2) is 77.6 Å². The van der Waals surface area contributed by atoms with E-state index in [1.807, 2.05) is 18.2 Å². The fourth-order valence-corrected chi connectivity index (χ4v) is 4.83. The molecule has 178 valence electrons. The zero-order valence-electron chi connectivity index (χ0n) is 18.7. The van der Waals surface area contributed by atoms with Crippen molar-refractivity contribution in [1.82, 2.24) is 14.0 Å². The molecule has 3 aromatic carbocycles. The van der Waals surface area contributed by atoms with E-state index in [0.29, 0.717) is 33.5 Å². The number of nitrogens with zero attached hydrogens (tertiary/aromatic N) is 4. The Balaban J connectivity index is 1.66. The number of imidazole rings is 1. The van der Waals surface area contributed by atoms with Gasteiger partial charge in [0.15, 0.2) is 0 Å². The Morgan fingerprint density at radius 1 is 1.03 bits per heavy atom. The summed E-state index contributed by atoms with van der Waals surface area (Å²) in [7, 11) is 0. The van der Waals surface area contributed by atoms with Gasteiger partial charge in [-0.1, -0.05) is 42.5 Å². The molecule has 1 aliphatic heterocycles. The van der Waals surface area contributed by atoms with Gasteiger partial charge in [-0.3, -0.25) is 28.7 Å². The van der Waals surface area contributed by atoms with Crippen LogP contribution in [0.3, 0.4) is 0 Å². The fraction of sp³-hybridized carbons (Fsp3) is 0.115. The summed E-state index contributed by atoms with van der Waals surface area (Å²) in [6.07, 6.45) is -0.0160. The van der Waals surface area contributed by atoms with Gasteiger partial charge < -0.3 is 5.32 Å². The fourth-order valence-electron chi connectivity index (χ4n) is 4.83. The largest absolute Gasteiger partial charge is 0.311 e. The maximum absolute atomic E-state index is 14.6. The first kappa shape index (κ1) is 21.7. The molecule has 9 nitrogen and oxygen atoms in total. The van der Waals surface area contributed by atoms with Gasteiger partial charge in [0, 0.05) is 30.0 Å². The van der Waals surface area contributed by atoms with Crippen molar-refractivity contribution in [1.29, 1.82) is 0 Å². The van der Waals surface area contributed by atoms with Crippen LogP contribution in [0.5, 0.6) is 0 Å². The minimum atomic E-state index is -0.653. The number of fused-ring (bicyclic) bond motifs is 5. The second-order valence-electron chi connectivity index (χ2n) is 8.63. The molecule has 10 heteroatoms. The molecule has 0 saturated carbocycles. The van der Waals surface area contributed by atoms with E-state index in [0.717, 1.165) is 0 Å². The minimum Gasteiger partial charge on any atom is -0.311 e. The topological polar surface area (TPSA) is 112 Å². The van der Waals surface area contributed by atoms with Crippen molar-refractivity contribution in [3.8, 4) is 0 Å². The zero-order chi connectivity index (χ0) is 25.0. The van der Waals surface area contributed by atoms with Crippen molar-refractivity contribution in [3.63, 3.8) is 0 Å². The van der Waals surface area contributed by atoms with Crippen molar-refractivity contribution < 1.29 is 14.1 Å². The number of rotatable bonds is 4. The summed E-state index contributed by atoms with van der Waals surface area (Å²) in [5.41, 5.74) is 2.01. The van der Waals surface area contributed by atoms with Gasteiger partial charge in [0.05, 0.1) is 28.1 Å². The van der Waals surface area contributed by atoms with Crippen molar-refractivity contribution >= 4 is 34.2 Å². The van der Waals surface area contributed by atoms with Gasteiger partial charge in [-0.05, 0) is 23.8 Å². The van der Waals surface area contributed by atoms with Crippen LogP contribution in [0.4, 0.5) is 15.9 Å². The zero-order valence-corrected chi connectivity index (χ0v) is 18.7. The van der Waals surface area contributed by atoms with Crippen LogP contribution in [0.25, 0.3) is 16.8 Å². The van der Waals surface area contributed by atoms with E-state index in [4.69, 9.17) is 0 Å². The molecular weight excluding hydrogens is 465 g/mol. The van der Waals surface area contributed by atoms with E-state index in [9.17, 15) is 24.1 Å². The Bertz CT molecular complexity index is 1760. The molecule has 0 fully saturated rings. The molecule has 36 heavy (non-hydrogen) atoms. The van der Waals surface area contributed by atoms with E-state index >= 15 is 0 Å². The number of nitro groups is 1. The molecule has 0 aliphatic carbocycles. The average molecular weight is 483 g/mol. The molecule has 0 bridgehead atoms. The number of nitrogens with one attached hydrogen (secondary N) is 1. The van der Waals surface area contributed by atoms with Gasteiger partial charge in [0.2, 0.25) is 11.7 Å². The maximum Gasteiger partial charge on any atom is 0.269 e. The van der Waals surface area contributed by atoms with Crippen LogP contribution >= 0.6 is 0 Å². The van der Waals surface area contributed by atoms with Crippen LogP contribution in [-0.2, 0) is 11.3 Å². The number of hydrogen-bond acceptors (Lipinski definition) is 5. The summed E-state index contributed by atoms with van der Waals surface area (Å²) in [5.74, 6) is -0.826. The predicted molar refractivity (Wildman–Crippen MR) is 131 cm³/mol. The Hall–Kier alpha value is -4.86. The standard InChI is InChI=1S/C26H18FN5O4/c27-19-6-2-1-5-16(19)14-30-25(34)23-18(15-9-11-17(12-10-15)32(35)36)13-22(33)29-24(23)31-21-8-4-3-7-20(21)28-26(30)31/h1-12,18H,13-14H2,(H,29,33)/t18-/m1/s1. The molecule has 1 amide bonds. The summed E-state index contributed by atoms with van der Waals surface area (Å²) in [6.45, 7) is -0.0630. The normalized spacial score (nSPS) is 15.1. The van der Waals surface area contributed by atoms with E-state index in [1.165, 1.54) is 22.8 Å². The highest BCUT2D eigenvalue weighted by Gasteiger charge is 2.34. The third-order valence-corrected chi connectivity index (χ3v) is 6.53. The third-order valence-electron chi connectivity index (χ3n) is 6.53. The number of carbonyl (C=O) groups is 1. The van der Waals surface area contributed by atoms with E-state index < -0.39 is 22.2 Å². The highest BCUT2D eigenvalue weighted by atomic mass is 19.1. The molecule has 3 heterocycles. The SMILES string of the molecule is O=C1C[C@H](c2ccc([N+](=O)[O-])cc2)c2c(n3c4ccccc4nc3n(Cc3ccccc3F)c2=O)N1. The third kappa shape index (κ3) is 3.34. The monoisotopic (exact) mass is 483 g/mol. The summed E-state index contributed by atoms with van der Waals surface area (Å²) < 4.78 is 17.7. The van der Waals surface area contributed by atoms with Crippen LogP contribution in [0.1, 0.15) is 29.0 Å². The van der Waals surface area contributed by atoms with E-state index in [-0.39, 0.29) is 30.3 Å². The number of carbonyl (C=O) groups excluding carboxylic acids is 1. The quantitative estimate of drug-likeness (QED) is 0.304. The number of halogens is 1. The van der Waals surface area contributed by atoms with Gasteiger partial charge >= 0.3 is 0 Å². The lowest BCUT2D eigenvalue weighted by molar-refractivity contribution is -0.384. The number of nitro benzene ring substituents is 1. The molecule has 5 aromatic rings. The van der Waals surface area contributed by atoms with Gasteiger partial charge in [-0.15, -0.1) is 0 Å².